The van der Waals surface area contributed by atoms with Crippen molar-refractivity contribution in [2.24, 2.45) is 4.99 Å². The van der Waals surface area contributed by atoms with Crippen molar-refractivity contribution >= 4 is 46.8 Å². The molecule has 4 N–H and O–H groups in total. The van der Waals surface area contributed by atoms with Crippen molar-refractivity contribution in [2.75, 3.05) is 13.1 Å². The maximum Gasteiger partial charge on any atom is 0.490 e. The second-order valence-electron chi connectivity index (χ2n) is 4.49. The van der Waals surface area contributed by atoms with Crippen molar-refractivity contribution in [3.05, 3.63) is 28.2 Å². The number of carboxylic acids is 2. The summed E-state index contributed by atoms with van der Waals surface area (Å²) in [5, 5.41) is 21.5. The average Bonchev–Trinajstić information content (AvgIpc) is 3.03. The highest BCUT2D eigenvalue weighted by molar-refractivity contribution is 6.38. The maximum absolute atomic E-state index is 10.6. The maximum atomic E-state index is 10.6. The highest BCUT2D eigenvalue weighted by Crippen LogP contribution is 2.32. The van der Waals surface area contributed by atoms with Gasteiger partial charge in [0.05, 0.1) is 10.0 Å². The summed E-state index contributed by atoms with van der Waals surface area (Å²) in [5.41, 5.74) is 0.604. The zero-order chi connectivity index (χ0) is 22.1. The van der Waals surface area contributed by atoms with Crippen molar-refractivity contribution in [2.45, 2.75) is 12.4 Å². The van der Waals surface area contributed by atoms with Crippen LogP contribution in [0.3, 0.4) is 0 Å². The molecule has 0 amide bonds. The standard InChI is InChI=1S/C9H9Cl2N3.2C2HF3O2/c10-6-2-1-3-7(11)8(6)14-9-12-4-5-13-9;2*3-2(4,5)1(6)7/h1-3H,4-5H2,(H2,12,13,14);2*(H,6,7). The van der Waals surface area contributed by atoms with Gasteiger partial charge in [-0.05, 0) is 12.1 Å². The Balaban J connectivity index is 0.000000444. The Morgan fingerprint density at radius 3 is 1.50 bits per heavy atom. The number of carbonyl (C=O) groups is 2. The van der Waals surface area contributed by atoms with Crippen LogP contribution in [0.1, 0.15) is 0 Å². The molecular weight excluding hydrogens is 447 g/mol. The Hall–Kier alpha value is -2.41. The first-order valence-electron chi connectivity index (χ1n) is 6.77. The molecule has 0 spiro atoms. The van der Waals surface area contributed by atoms with E-state index in [4.69, 9.17) is 43.0 Å². The van der Waals surface area contributed by atoms with Gasteiger partial charge in [0.1, 0.15) is 5.69 Å². The molecule has 0 aromatic heterocycles. The summed E-state index contributed by atoms with van der Waals surface area (Å²) in [6.07, 6.45) is -10.2. The highest BCUT2D eigenvalue weighted by Gasteiger charge is 2.38. The molecule has 0 radical (unpaired) electrons. The molecular formula is C13H11Cl2F6N3O4. The largest absolute Gasteiger partial charge is 0.490 e. The fourth-order valence-corrected chi connectivity index (χ4v) is 1.69. The SMILES string of the molecule is Clc1cccc(Cl)c1N=C1NCCN1.O=C(O)C(F)(F)F.O=C(O)C(F)(F)F. The summed E-state index contributed by atoms with van der Waals surface area (Å²) in [5.74, 6) is -4.79. The van der Waals surface area contributed by atoms with E-state index < -0.39 is 24.3 Å². The molecule has 158 valence electrons. The summed E-state index contributed by atoms with van der Waals surface area (Å²) < 4.78 is 63.5. The minimum atomic E-state index is -5.08. The van der Waals surface area contributed by atoms with E-state index in [2.05, 4.69) is 15.6 Å². The average molecular weight is 458 g/mol. The van der Waals surface area contributed by atoms with Crippen LogP contribution < -0.4 is 10.6 Å². The number of carboxylic acid groups (broad SMARTS) is 2. The molecule has 7 nitrogen and oxygen atoms in total. The zero-order valence-corrected chi connectivity index (χ0v) is 14.8. The van der Waals surface area contributed by atoms with Gasteiger partial charge in [0, 0.05) is 13.1 Å². The van der Waals surface area contributed by atoms with E-state index in [9.17, 15) is 26.3 Å². The fraction of sp³-hybridized carbons (Fsp3) is 0.308. The van der Waals surface area contributed by atoms with E-state index in [-0.39, 0.29) is 0 Å². The predicted octanol–water partition coefficient (Wildman–Crippen LogP) is 3.44. The van der Waals surface area contributed by atoms with Crippen molar-refractivity contribution in [3.63, 3.8) is 0 Å². The van der Waals surface area contributed by atoms with Crippen LogP contribution in [0.15, 0.2) is 23.2 Å². The lowest BCUT2D eigenvalue weighted by Gasteiger charge is -2.02. The Labute approximate surface area is 162 Å². The van der Waals surface area contributed by atoms with E-state index in [0.29, 0.717) is 15.7 Å². The Kier molecular flexibility index (Phi) is 9.87. The number of aliphatic carboxylic acids is 2. The summed E-state index contributed by atoms with van der Waals surface area (Å²) in [4.78, 5) is 22.1. The predicted molar refractivity (Wildman–Crippen MR) is 86.9 cm³/mol. The third-order valence-electron chi connectivity index (χ3n) is 2.36. The second-order valence-corrected chi connectivity index (χ2v) is 5.30. The van der Waals surface area contributed by atoms with Gasteiger partial charge in [0.15, 0.2) is 5.96 Å². The number of benzene rings is 1. The molecule has 1 fully saturated rings. The molecule has 1 saturated heterocycles. The minimum absolute atomic E-state index is 0.556. The van der Waals surface area contributed by atoms with Crippen LogP contribution in [-0.2, 0) is 9.59 Å². The molecule has 2 rings (SSSR count). The Morgan fingerprint density at radius 1 is 0.893 bits per heavy atom. The van der Waals surface area contributed by atoms with Gasteiger partial charge in [0.2, 0.25) is 0 Å². The number of rotatable bonds is 1. The molecule has 0 unspecified atom stereocenters. The van der Waals surface area contributed by atoms with E-state index in [1.165, 1.54) is 0 Å². The first kappa shape index (κ1) is 25.6. The summed E-state index contributed by atoms with van der Waals surface area (Å²) in [6, 6.07) is 5.33. The van der Waals surface area contributed by atoms with Gasteiger partial charge in [0.25, 0.3) is 0 Å². The third kappa shape index (κ3) is 10.1. The molecule has 1 aliphatic heterocycles. The van der Waals surface area contributed by atoms with Crippen LogP contribution in [0.25, 0.3) is 0 Å². The number of alkyl halides is 6. The molecule has 0 saturated carbocycles. The van der Waals surface area contributed by atoms with Gasteiger partial charge in [-0.15, -0.1) is 0 Å². The number of hydrogen-bond acceptors (Lipinski definition) is 3. The van der Waals surface area contributed by atoms with Crippen molar-refractivity contribution < 1.29 is 46.1 Å². The van der Waals surface area contributed by atoms with E-state index in [0.717, 1.165) is 19.0 Å². The molecule has 0 bridgehead atoms. The van der Waals surface area contributed by atoms with E-state index in [1.807, 2.05) is 0 Å². The number of para-hydroxylation sites is 1. The lowest BCUT2D eigenvalue weighted by molar-refractivity contribution is -0.193. The van der Waals surface area contributed by atoms with Crippen molar-refractivity contribution in [1.82, 2.24) is 10.6 Å². The van der Waals surface area contributed by atoms with E-state index in [1.54, 1.807) is 18.2 Å². The Bertz CT molecular complexity index is 673. The van der Waals surface area contributed by atoms with Gasteiger partial charge in [-0.2, -0.15) is 26.3 Å². The summed E-state index contributed by atoms with van der Waals surface area (Å²) >= 11 is 11.9. The van der Waals surface area contributed by atoms with Crippen LogP contribution in [0.5, 0.6) is 0 Å². The monoisotopic (exact) mass is 457 g/mol. The normalized spacial score (nSPS) is 13.1. The molecule has 1 aliphatic rings. The topological polar surface area (TPSA) is 111 Å². The summed E-state index contributed by atoms with van der Waals surface area (Å²) in [7, 11) is 0. The first-order valence-corrected chi connectivity index (χ1v) is 7.52. The lowest BCUT2D eigenvalue weighted by Crippen LogP contribution is -2.23. The first-order chi connectivity index (χ1) is 12.7. The van der Waals surface area contributed by atoms with Gasteiger partial charge in [-0.25, -0.2) is 14.6 Å². The second kappa shape index (κ2) is 10.8. The Morgan fingerprint density at radius 2 is 1.21 bits per heavy atom. The van der Waals surface area contributed by atoms with Gasteiger partial charge in [-0.1, -0.05) is 29.3 Å². The van der Waals surface area contributed by atoms with Crippen LogP contribution >= 0.6 is 23.2 Å². The molecule has 1 aromatic rings. The highest BCUT2D eigenvalue weighted by atomic mass is 35.5. The minimum Gasteiger partial charge on any atom is -0.475 e. The van der Waals surface area contributed by atoms with Gasteiger partial charge in [-0.3, -0.25) is 0 Å². The van der Waals surface area contributed by atoms with Crippen molar-refractivity contribution in [3.8, 4) is 0 Å². The molecule has 0 aliphatic carbocycles. The van der Waals surface area contributed by atoms with Crippen molar-refractivity contribution in [1.29, 1.82) is 0 Å². The van der Waals surface area contributed by atoms with Crippen LogP contribution in [0.4, 0.5) is 32.0 Å². The molecule has 1 aromatic carbocycles. The third-order valence-corrected chi connectivity index (χ3v) is 2.97. The molecule has 28 heavy (non-hydrogen) atoms. The van der Waals surface area contributed by atoms with Crippen LogP contribution in [0, 0.1) is 0 Å². The quantitative estimate of drug-likeness (QED) is 0.480. The fourth-order valence-electron chi connectivity index (χ4n) is 1.21. The zero-order valence-electron chi connectivity index (χ0n) is 13.3. The number of aliphatic imine (C=N–C) groups is 1. The number of guanidine groups is 1. The van der Waals surface area contributed by atoms with Crippen LogP contribution in [-0.4, -0.2) is 53.6 Å². The summed E-state index contributed by atoms with van der Waals surface area (Å²) in [6.45, 7) is 1.75. The molecule has 1 heterocycles. The number of hydrogen-bond donors (Lipinski definition) is 4. The van der Waals surface area contributed by atoms with Gasteiger partial charge >= 0.3 is 24.3 Å². The molecule has 15 heteroatoms. The lowest BCUT2D eigenvalue weighted by atomic mass is 10.3. The number of nitrogens with one attached hydrogen (secondary N) is 2. The van der Waals surface area contributed by atoms with E-state index >= 15 is 0 Å². The smallest absolute Gasteiger partial charge is 0.475 e. The van der Waals surface area contributed by atoms with Crippen LogP contribution in [0.2, 0.25) is 10.0 Å². The number of nitrogens with zero attached hydrogens (tertiary/aromatic N) is 1. The molecule has 0 atom stereocenters. The van der Waals surface area contributed by atoms with Gasteiger partial charge < -0.3 is 20.8 Å². The number of halogens is 8.